The molecule has 1 aromatic carbocycles. The molecule has 21 heavy (non-hydrogen) atoms. The van der Waals surface area contributed by atoms with Crippen molar-refractivity contribution >= 4 is 17.5 Å². The van der Waals surface area contributed by atoms with Gasteiger partial charge in [0.1, 0.15) is 6.54 Å². The van der Waals surface area contributed by atoms with E-state index in [2.05, 4.69) is 0 Å². The highest BCUT2D eigenvalue weighted by Crippen LogP contribution is 2.18. The molecule has 1 heterocycles. The first-order valence-electron chi connectivity index (χ1n) is 7.34. The van der Waals surface area contributed by atoms with Crippen molar-refractivity contribution in [2.45, 2.75) is 20.3 Å². The third-order valence-electron chi connectivity index (χ3n) is 3.58. The summed E-state index contributed by atoms with van der Waals surface area (Å²) in [5.41, 5.74) is 2.06. The van der Waals surface area contributed by atoms with E-state index in [1.165, 1.54) is 0 Å². The first kappa shape index (κ1) is 15.5. The van der Waals surface area contributed by atoms with E-state index in [9.17, 15) is 9.59 Å². The van der Waals surface area contributed by atoms with E-state index < -0.39 is 0 Å². The average molecular weight is 290 g/mol. The van der Waals surface area contributed by atoms with Crippen LogP contribution in [0.2, 0.25) is 0 Å². The van der Waals surface area contributed by atoms with Gasteiger partial charge in [0.25, 0.3) is 0 Å². The fourth-order valence-electron chi connectivity index (χ4n) is 2.35. The van der Waals surface area contributed by atoms with E-state index in [0.717, 1.165) is 11.3 Å². The normalized spacial score (nSPS) is 15.4. The number of ether oxygens (including phenoxy) is 1. The van der Waals surface area contributed by atoms with Crippen molar-refractivity contribution in [2.75, 3.05) is 37.7 Å². The minimum atomic E-state index is -0.0325. The van der Waals surface area contributed by atoms with Gasteiger partial charge in [-0.05, 0) is 26.0 Å². The molecular weight excluding hydrogens is 268 g/mol. The summed E-state index contributed by atoms with van der Waals surface area (Å²) in [6.45, 7) is 6.20. The van der Waals surface area contributed by atoms with Gasteiger partial charge in [-0.25, -0.2) is 0 Å². The predicted molar refractivity (Wildman–Crippen MR) is 81.2 cm³/mol. The van der Waals surface area contributed by atoms with Gasteiger partial charge in [-0.15, -0.1) is 0 Å². The van der Waals surface area contributed by atoms with Gasteiger partial charge in [0.2, 0.25) is 11.8 Å². The van der Waals surface area contributed by atoms with Crippen LogP contribution >= 0.6 is 0 Å². The number of carbonyl (C=O) groups excluding carboxylic acids is 2. The van der Waals surface area contributed by atoms with Crippen LogP contribution in [0.3, 0.4) is 0 Å². The molecule has 0 saturated carbocycles. The van der Waals surface area contributed by atoms with Gasteiger partial charge < -0.3 is 14.5 Å². The zero-order chi connectivity index (χ0) is 15.2. The second-order valence-electron chi connectivity index (χ2n) is 5.14. The fourth-order valence-corrected chi connectivity index (χ4v) is 2.35. The largest absolute Gasteiger partial charge is 0.381 e. The van der Waals surface area contributed by atoms with Crippen molar-refractivity contribution in [2.24, 2.45) is 0 Å². The summed E-state index contributed by atoms with van der Waals surface area (Å²) >= 11 is 0. The zero-order valence-electron chi connectivity index (χ0n) is 12.7. The molecule has 0 spiro atoms. The number of aryl methyl sites for hydroxylation is 1. The van der Waals surface area contributed by atoms with E-state index in [4.69, 9.17) is 4.74 Å². The van der Waals surface area contributed by atoms with Gasteiger partial charge in [0, 0.05) is 25.4 Å². The topological polar surface area (TPSA) is 49.9 Å². The molecule has 2 amide bonds. The lowest BCUT2D eigenvalue weighted by Gasteiger charge is -2.34. The highest BCUT2D eigenvalue weighted by molar-refractivity contribution is 5.97. The number of nitrogens with zero attached hydrogens (tertiary/aromatic N) is 2. The summed E-state index contributed by atoms with van der Waals surface area (Å²) in [4.78, 5) is 27.6. The highest BCUT2D eigenvalue weighted by Gasteiger charge is 2.27. The van der Waals surface area contributed by atoms with Crippen LogP contribution in [0.25, 0.3) is 0 Å². The quantitative estimate of drug-likeness (QED) is 0.774. The van der Waals surface area contributed by atoms with Gasteiger partial charge in [0.15, 0.2) is 0 Å². The molecule has 0 bridgehead atoms. The second-order valence-corrected chi connectivity index (χ2v) is 5.14. The number of piperazine rings is 1. The molecule has 1 saturated heterocycles. The molecule has 0 atom stereocenters. The number of amides is 2. The van der Waals surface area contributed by atoms with Crippen LogP contribution in [0.5, 0.6) is 0 Å². The van der Waals surface area contributed by atoms with Crippen LogP contribution in [0.4, 0.5) is 5.69 Å². The Morgan fingerprint density at radius 2 is 1.95 bits per heavy atom. The summed E-state index contributed by atoms with van der Waals surface area (Å²) in [6, 6.07) is 7.87. The van der Waals surface area contributed by atoms with Crippen molar-refractivity contribution in [3.05, 3.63) is 29.8 Å². The molecule has 1 aromatic rings. The van der Waals surface area contributed by atoms with Crippen LogP contribution in [0, 0.1) is 6.92 Å². The Labute approximate surface area is 125 Å². The number of rotatable bonds is 5. The third kappa shape index (κ3) is 4.04. The fraction of sp³-hybridized carbons (Fsp3) is 0.500. The number of carbonyl (C=O) groups is 2. The standard InChI is InChI=1S/C16H22N2O3/c1-3-21-11-8-15(19)17-9-10-18(16(20)12-17)14-6-4-13(2)5-7-14/h4-7H,3,8-12H2,1-2H3. The monoisotopic (exact) mass is 290 g/mol. The average Bonchev–Trinajstić information content (AvgIpc) is 2.48. The number of hydrogen-bond donors (Lipinski definition) is 0. The van der Waals surface area contributed by atoms with Gasteiger partial charge in [-0.2, -0.15) is 0 Å². The van der Waals surface area contributed by atoms with Crippen molar-refractivity contribution in [1.82, 2.24) is 4.90 Å². The van der Waals surface area contributed by atoms with Crippen molar-refractivity contribution in [1.29, 1.82) is 0 Å². The molecule has 5 nitrogen and oxygen atoms in total. The molecule has 0 N–H and O–H groups in total. The zero-order valence-corrected chi connectivity index (χ0v) is 12.7. The number of anilines is 1. The van der Waals surface area contributed by atoms with Gasteiger partial charge >= 0.3 is 0 Å². The molecule has 0 aromatic heterocycles. The first-order valence-corrected chi connectivity index (χ1v) is 7.34. The number of benzene rings is 1. The third-order valence-corrected chi connectivity index (χ3v) is 3.58. The Balaban J connectivity index is 1.91. The molecule has 114 valence electrons. The maximum atomic E-state index is 12.2. The molecule has 5 heteroatoms. The summed E-state index contributed by atoms with van der Waals surface area (Å²) < 4.78 is 5.18. The minimum Gasteiger partial charge on any atom is -0.381 e. The molecule has 1 aliphatic heterocycles. The van der Waals surface area contributed by atoms with Crippen LogP contribution in [-0.2, 0) is 14.3 Å². The Bertz CT molecular complexity index is 499. The van der Waals surface area contributed by atoms with Gasteiger partial charge in [-0.1, -0.05) is 17.7 Å². The van der Waals surface area contributed by atoms with Crippen molar-refractivity contribution < 1.29 is 14.3 Å². The Morgan fingerprint density at radius 1 is 1.24 bits per heavy atom. The molecule has 2 rings (SSSR count). The summed E-state index contributed by atoms with van der Waals surface area (Å²) in [5, 5.41) is 0. The van der Waals surface area contributed by atoms with Gasteiger partial charge in [-0.3, -0.25) is 9.59 Å². The lowest BCUT2D eigenvalue weighted by Crippen LogP contribution is -2.52. The number of hydrogen-bond acceptors (Lipinski definition) is 3. The highest BCUT2D eigenvalue weighted by atomic mass is 16.5. The van der Waals surface area contributed by atoms with Crippen molar-refractivity contribution in [3.63, 3.8) is 0 Å². The van der Waals surface area contributed by atoms with Crippen LogP contribution in [0.1, 0.15) is 18.9 Å². The van der Waals surface area contributed by atoms with Crippen LogP contribution in [0.15, 0.2) is 24.3 Å². The maximum Gasteiger partial charge on any atom is 0.246 e. The van der Waals surface area contributed by atoms with E-state index in [0.29, 0.717) is 32.7 Å². The molecule has 1 fully saturated rings. The summed E-state index contributed by atoms with van der Waals surface area (Å²) in [6.07, 6.45) is 0.339. The van der Waals surface area contributed by atoms with Crippen LogP contribution in [-0.4, -0.2) is 49.6 Å². The summed E-state index contributed by atoms with van der Waals surface area (Å²) in [5.74, 6) is -0.0461. The van der Waals surface area contributed by atoms with E-state index in [1.54, 1.807) is 9.80 Å². The van der Waals surface area contributed by atoms with E-state index in [1.807, 2.05) is 38.1 Å². The SMILES string of the molecule is CCOCCC(=O)N1CCN(c2ccc(C)cc2)C(=O)C1. The Hall–Kier alpha value is -1.88. The Morgan fingerprint density at radius 3 is 2.57 bits per heavy atom. The Kier molecular flexibility index (Phi) is 5.33. The summed E-state index contributed by atoms with van der Waals surface area (Å²) in [7, 11) is 0. The first-order chi connectivity index (χ1) is 10.1. The minimum absolute atomic E-state index is 0.0136. The molecule has 0 radical (unpaired) electrons. The molecular formula is C16H22N2O3. The smallest absolute Gasteiger partial charge is 0.246 e. The predicted octanol–water partition coefficient (Wildman–Crippen LogP) is 1.60. The van der Waals surface area contributed by atoms with E-state index >= 15 is 0 Å². The van der Waals surface area contributed by atoms with Crippen LogP contribution < -0.4 is 4.90 Å². The lowest BCUT2D eigenvalue weighted by molar-refractivity contribution is -0.137. The van der Waals surface area contributed by atoms with E-state index in [-0.39, 0.29) is 18.4 Å². The molecule has 1 aliphatic rings. The second kappa shape index (κ2) is 7.22. The van der Waals surface area contributed by atoms with Crippen molar-refractivity contribution in [3.8, 4) is 0 Å². The molecule has 0 unspecified atom stereocenters. The molecule has 0 aliphatic carbocycles. The lowest BCUT2D eigenvalue weighted by atomic mass is 10.2. The maximum absolute atomic E-state index is 12.2. The van der Waals surface area contributed by atoms with Gasteiger partial charge in [0.05, 0.1) is 13.0 Å².